The van der Waals surface area contributed by atoms with Gasteiger partial charge in [-0.1, -0.05) is 39.0 Å². The van der Waals surface area contributed by atoms with Gasteiger partial charge in [0.05, 0.1) is 16.6 Å². The zero-order valence-corrected chi connectivity index (χ0v) is 18.0. The van der Waals surface area contributed by atoms with Crippen molar-refractivity contribution in [2.45, 2.75) is 39.7 Å². The van der Waals surface area contributed by atoms with E-state index in [2.05, 4.69) is 20.4 Å². The number of anilines is 1. The van der Waals surface area contributed by atoms with Crippen molar-refractivity contribution in [3.8, 4) is 5.82 Å². The van der Waals surface area contributed by atoms with Gasteiger partial charge in [0.2, 0.25) is 5.91 Å². The number of aryl methyl sites for hydroxylation is 1. The maximum absolute atomic E-state index is 12.9. The topological polar surface area (TPSA) is 94.7 Å². The fourth-order valence-corrected chi connectivity index (χ4v) is 3.28. The molecule has 4 rings (SSSR count). The van der Waals surface area contributed by atoms with Crippen molar-refractivity contribution >= 4 is 22.6 Å². The molecule has 0 aliphatic heterocycles. The Morgan fingerprint density at radius 1 is 1.10 bits per heavy atom. The Morgan fingerprint density at radius 3 is 2.55 bits per heavy atom. The highest BCUT2D eigenvalue weighted by Gasteiger charge is 2.22. The second-order valence-electron chi connectivity index (χ2n) is 8.38. The van der Waals surface area contributed by atoms with Gasteiger partial charge in [-0.25, -0.2) is 9.97 Å². The molecule has 0 unspecified atom stereocenters. The van der Waals surface area contributed by atoms with E-state index in [4.69, 9.17) is 0 Å². The van der Waals surface area contributed by atoms with E-state index < -0.39 is 0 Å². The minimum absolute atomic E-state index is 0.152. The number of hydrogen-bond donors (Lipinski definition) is 1. The molecule has 1 amide bonds. The molecule has 0 bridgehead atoms. The molecule has 0 fully saturated rings. The Morgan fingerprint density at radius 2 is 1.84 bits per heavy atom. The molecule has 1 N–H and O–H groups in total. The lowest BCUT2D eigenvalue weighted by Gasteiger charge is -2.13. The van der Waals surface area contributed by atoms with Crippen LogP contribution in [0.15, 0.2) is 59.5 Å². The average Bonchev–Trinajstić information content (AvgIpc) is 3.16. The van der Waals surface area contributed by atoms with E-state index in [-0.39, 0.29) is 23.4 Å². The molecule has 0 saturated carbocycles. The van der Waals surface area contributed by atoms with Crippen LogP contribution in [0.25, 0.3) is 16.7 Å². The normalized spacial score (nSPS) is 11.6. The van der Waals surface area contributed by atoms with Crippen molar-refractivity contribution in [2.75, 3.05) is 5.32 Å². The number of carbonyl (C=O) groups is 1. The summed E-state index contributed by atoms with van der Waals surface area (Å²) >= 11 is 0. The van der Waals surface area contributed by atoms with Crippen molar-refractivity contribution in [3.05, 3.63) is 76.6 Å². The van der Waals surface area contributed by atoms with Crippen LogP contribution in [0.5, 0.6) is 0 Å². The van der Waals surface area contributed by atoms with Gasteiger partial charge in [0, 0.05) is 17.7 Å². The summed E-state index contributed by atoms with van der Waals surface area (Å²) in [5.41, 5.74) is 0.973. The van der Waals surface area contributed by atoms with Crippen LogP contribution in [0.4, 0.5) is 5.82 Å². The standard InChI is InChI=1S/C23H24N6O2/c1-15-25-17-10-6-5-9-16(17)22(31)28(15)14-21(30)26-20-13-18(23(2,3)4)27-29(20)19-11-7-8-12-24-19/h5-13H,14H2,1-4H3,(H,26,30). The Labute approximate surface area is 179 Å². The van der Waals surface area contributed by atoms with E-state index in [1.165, 1.54) is 4.57 Å². The van der Waals surface area contributed by atoms with Gasteiger partial charge in [0.15, 0.2) is 5.82 Å². The van der Waals surface area contributed by atoms with Crippen LogP contribution in [0.3, 0.4) is 0 Å². The maximum atomic E-state index is 12.9. The summed E-state index contributed by atoms with van der Waals surface area (Å²) in [6.07, 6.45) is 1.67. The van der Waals surface area contributed by atoms with Gasteiger partial charge in [-0.15, -0.1) is 0 Å². The van der Waals surface area contributed by atoms with E-state index in [0.717, 1.165) is 5.69 Å². The van der Waals surface area contributed by atoms with Crippen molar-refractivity contribution in [3.63, 3.8) is 0 Å². The lowest BCUT2D eigenvalue weighted by molar-refractivity contribution is -0.116. The minimum atomic E-state index is -0.347. The van der Waals surface area contributed by atoms with E-state index >= 15 is 0 Å². The van der Waals surface area contributed by atoms with Gasteiger partial charge < -0.3 is 5.32 Å². The SMILES string of the molecule is Cc1nc2ccccc2c(=O)n1CC(=O)Nc1cc(C(C)(C)C)nn1-c1ccccn1. The Bertz CT molecular complexity index is 1320. The third kappa shape index (κ3) is 4.09. The summed E-state index contributed by atoms with van der Waals surface area (Å²) in [7, 11) is 0. The Hall–Kier alpha value is -3.81. The van der Waals surface area contributed by atoms with Crippen molar-refractivity contribution in [1.29, 1.82) is 0 Å². The highest BCUT2D eigenvalue weighted by molar-refractivity contribution is 5.90. The number of para-hydroxylation sites is 1. The Balaban J connectivity index is 1.67. The number of rotatable bonds is 4. The number of nitrogens with zero attached hydrogens (tertiary/aromatic N) is 5. The number of benzene rings is 1. The summed E-state index contributed by atoms with van der Waals surface area (Å²) in [6, 6.07) is 14.4. The molecule has 0 aliphatic carbocycles. The molecule has 1 aromatic carbocycles. The summed E-state index contributed by atoms with van der Waals surface area (Å²) < 4.78 is 2.98. The van der Waals surface area contributed by atoms with Crippen LogP contribution in [0.2, 0.25) is 0 Å². The maximum Gasteiger partial charge on any atom is 0.261 e. The van der Waals surface area contributed by atoms with Crippen LogP contribution >= 0.6 is 0 Å². The molecular formula is C23H24N6O2. The molecule has 3 aromatic heterocycles. The van der Waals surface area contributed by atoms with Crippen LogP contribution in [-0.2, 0) is 16.8 Å². The van der Waals surface area contributed by atoms with E-state index in [1.54, 1.807) is 36.0 Å². The second-order valence-corrected chi connectivity index (χ2v) is 8.38. The first-order valence-corrected chi connectivity index (χ1v) is 10.0. The monoisotopic (exact) mass is 416 g/mol. The first-order valence-electron chi connectivity index (χ1n) is 10.0. The van der Waals surface area contributed by atoms with Crippen LogP contribution < -0.4 is 10.9 Å². The molecule has 8 heteroatoms. The highest BCUT2D eigenvalue weighted by atomic mass is 16.2. The number of nitrogens with one attached hydrogen (secondary N) is 1. The van der Waals surface area contributed by atoms with Crippen LogP contribution in [0.1, 0.15) is 32.3 Å². The highest BCUT2D eigenvalue weighted by Crippen LogP contribution is 2.25. The first kappa shape index (κ1) is 20.5. The van der Waals surface area contributed by atoms with Gasteiger partial charge in [-0.05, 0) is 31.2 Å². The number of amides is 1. The molecule has 0 spiro atoms. The third-order valence-electron chi connectivity index (χ3n) is 4.97. The lowest BCUT2D eigenvalue weighted by atomic mass is 9.92. The molecule has 8 nitrogen and oxygen atoms in total. The fourth-order valence-electron chi connectivity index (χ4n) is 3.28. The molecule has 0 radical (unpaired) electrons. The number of carbonyl (C=O) groups excluding carboxylic acids is 1. The number of aromatic nitrogens is 5. The van der Waals surface area contributed by atoms with Crippen LogP contribution in [0, 0.1) is 6.92 Å². The zero-order valence-electron chi connectivity index (χ0n) is 18.0. The fraction of sp³-hybridized carbons (Fsp3) is 0.261. The van der Waals surface area contributed by atoms with Crippen LogP contribution in [-0.4, -0.2) is 30.2 Å². The van der Waals surface area contributed by atoms with Crippen molar-refractivity contribution in [2.24, 2.45) is 0 Å². The molecule has 0 atom stereocenters. The predicted molar refractivity (Wildman–Crippen MR) is 119 cm³/mol. The molecular weight excluding hydrogens is 392 g/mol. The summed E-state index contributed by atoms with van der Waals surface area (Å²) in [5, 5.41) is 8.01. The molecule has 31 heavy (non-hydrogen) atoms. The number of pyridine rings is 1. The molecule has 0 saturated heterocycles. The predicted octanol–water partition coefficient (Wildman–Crippen LogP) is 3.22. The van der Waals surface area contributed by atoms with Gasteiger partial charge in [-0.3, -0.25) is 14.2 Å². The molecule has 4 aromatic rings. The minimum Gasteiger partial charge on any atom is -0.309 e. The van der Waals surface area contributed by atoms with Gasteiger partial charge >= 0.3 is 0 Å². The third-order valence-corrected chi connectivity index (χ3v) is 4.97. The average molecular weight is 416 g/mol. The van der Waals surface area contributed by atoms with E-state index in [1.807, 2.05) is 51.1 Å². The lowest BCUT2D eigenvalue weighted by Crippen LogP contribution is -2.30. The van der Waals surface area contributed by atoms with Crippen molar-refractivity contribution < 1.29 is 4.79 Å². The Kier molecular flexibility index (Phi) is 5.14. The second kappa shape index (κ2) is 7.79. The first-order chi connectivity index (χ1) is 14.7. The summed E-state index contributed by atoms with van der Waals surface area (Å²) in [4.78, 5) is 34.6. The van der Waals surface area contributed by atoms with E-state index in [9.17, 15) is 9.59 Å². The van der Waals surface area contributed by atoms with Gasteiger partial charge in [-0.2, -0.15) is 9.78 Å². The quantitative estimate of drug-likeness (QED) is 0.551. The number of hydrogen-bond acceptors (Lipinski definition) is 5. The number of fused-ring (bicyclic) bond motifs is 1. The van der Waals surface area contributed by atoms with Gasteiger partial charge in [0.25, 0.3) is 5.56 Å². The smallest absolute Gasteiger partial charge is 0.261 e. The largest absolute Gasteiger partial charge is 0.309 e. The summed E-state index contributed by atoms with van der Waals surface area (Å²) in [5.74, 6) is 1.22. The molecule has 3 heterocycles. The zero-order chi connectivity index (χ0) is 22.2. The molecule has 0 aliphatic rings. The molecule has 158 valence electrons. The van der Waals surface area contributed by atoms with E-state index in [0.29, 0.717) is 28.4 Å². The van der Waals surface area contributed by atoms with Crippen molar-refractivity contribution in [1.82, 2.24) is 24.3 Å². The summed E-state index contributed by atoms with van der Waals surface area (Å²) in [6.45, 7) is 7.71. The van der Waals surface area contributed by atoms with Gasteiger partial charge in [0.1, 0.15) is 18.2 Å².